The number of rotatable bonds is 6. The van der Waals surface area contributed by atoms with E-state index in [0.717, 1.165) is 29.2 Å². The molecule has 3 atom stereocenters. The Hall–Kier alpha value is -2.57. The molecule has 1 saturated heterocycles. The van der Waals surface area contributed by atoms with Crippen molar-refractivity contribution in [1.29, 1.82) is 0 Å². The molecule has 2 fully saturated rings. The summed E-state index contributed by atoms with van der Waals surface area (Å²) in [4.78, 5) is 14.6. The fraction of sp³-hybridized carbons (Fsp3) is 0.536. The summed E-state index contributed by atoms with van der Waals surface area (Å²) >= 11 is 0. The number of para-hydroxylation sites is 1. The van der Waals surface area contributed by atoms with Gasteiger partial charge in [0.2, 0.25) is 0 Å². The maximum Gasteiger partial charge on any atom is 0.253 e. The van der Waals surface area contributed by atoms with E-state index < -0.39 is 0 Å². The number of likely N-dealkylation sites (tertiary alicyclic amines) is 1. The van der Waals surface area contributed by atoms with Crippen molar-refractivity contribution in [1.82, 2.24) is 10.2 Å². The van der Waals surface area contributed by atoms with E-state index in [0.29, 0.717) is 51.0 Å². The Morgan fingerprint density at radius 3 is 2.62 bits per heavy atom. The maximum atomic E-state index is 12.8. The lowest BCUT2D eigenvalue weighted by atomic mass is 9.95. The molecule has 1 unspecified atom stereocenters. The van der Waals surface area contributed by atoms with E-state index in [2.05, 4.69) is 30.4 Å². The largest absolute Gasteiger partial charge is 0.486 e. The summed E-state index contributed by atoms with van der Waals surface area (Å²) in [6.45, 7) is 5.68. The highest BCUT2D eigenvalue weighted by Crippen LogP contribution is 2.40. The molecule has 6 nitrogen and oxygen atoms in total. The van der Waals surface area contributed by atoms with Gasteiger partial charge in [-0.15, -0.1) is 0 Å². The van der Waals surface area contributed by atoms with Gasteiger partial charge >= 0.3 is 0 Å². The molecule has 0 radical (unpaired) electrons. The molecule has 2 aromatic rings. The van der Waals surface area contributed by atoms with Crippen LogP contribution in [0.1, 0.15) is 72.5 Å². The van der Waals surface area contributed by atoms with Gasteiger partial charge in [0.05, 0.1) is 6.10 Å². The smallest absolute Gasteiger partial charge is 0.253 e. The molecule has 1 saturated carbocycles. The van der Waals surface area contributed by atoms with Crippen LogP contribution in [-0.4, -0.2) is 54.9 Å². The Bertz CT molecular complexity index is 984. The quantitative estimate of drug-likeness (QED) is 0.667. The first-order valence-electron chi connectivity index (χ1n) is 12.8. The van der Waals surface area contributed by atoms with Crippen molar-refractivity contribution in [3.63, 3.8) is 0 Å². The predicted octanol–water partition coefficient (Wildman–Crippen LogP) is 4.29. The molecule has 34 heavy (non-hydrogen) atoms. The van der Waals surface area contributed by atoms with Crippen LogP contribution in [0, 0.1) is 5.92 Å². The highest BCUT2D eigenvalue weighted by molar-refractivity contribution is 5.94. The molecule has 2 heterocycles. The minimum atomic E-state index is -0.264. The molecule has 2 aromatic carbocycles. The van der Waals surface area contributed by atoms with Gasteiger partial charge in [0.1, 0.15) is 13.2 Å². The number of ether oxygens (including phenoxy) is 2. The summed E-state index contributed by atoms with van der Waals surface area (Å²) in [5.74, 6) is 3.01. The number of aliphatic hydroxyl groups is 1. The van der Waals surface area contributed by atoms with Gasteiger partial charge in [-0.1, -0.05) is 24.3 Å². The van der Waals surface area contributed by atoms with Crippen molar-refractivity contribution < 1.29 is 19.4 Å². The van der Waals surface area contributed by atoms with Crippen LogP contribution in [0.3, 0.4) is 0 Å². The number of fused-ring (bicyclic) bond motifs is 1. The Labute approximate surface area is 202 Å². The van der Waals surface area contributed by atoms with Gasteiger partial charge in [0, 0.05) is 30.3 Å². The number of amides is 1. The van der Waals surface area contributed by atoms with Gasteiger partial charge in [0.25, 0.3) is 5.91 Å². The van der Waals surface area contributed by atoms with Crippen LogP contribution in [0.25, 0.3) is 0 Å². The molecule has 182 valence electrons. The van der Waals surface area contributed by atoms with Crippen molar-refractivity contribution in [2.24, 2.45) is 5.92 Å². The summed E-state index contributed by atoms with van der Waals surface area (Å²) in [7, 11) is 0. The predicted molar refractivity (Wildman–Crippen MR) is 132 cm³/mol. The van der Waals surface area contributed by atoms with Crippen LogP contribution in [0.5, 0.6) is 11.5 Å². The van der Waals surface area contributed by atoms with Gasteiger partial charge < -0.3 is 24.8 Å². The first-order chi connectivity index (χ1) is 16.6. The number of hydrogen-bond donors (Lipinski definition) is 2. The third kappa shape index (κ3) is 5.08. The van der Waals surface area contributed by atoms with Crippen LogP contribution >= 0.6 is 0 Å². The molecular formula is C28H36N2O4. The summed E-state index contributed by atoms with van der Waals surface area (Å²) in [6, 6.07) is 14.6. The first kappa shape index (κ1) is 23.2. The Morgan fingerprint density at radius 1 is 1.06 bits per heavy atom. The molecule has 0 bridgehead atoms. The Morgan fingerprint density at radius 2 is 1.82 bits per heavy atom. The van der Waals surface area contributed by atoms with E-state index in [1.54, 1.807) is 0 Å². The lowest BCUT2D eigenvalue weighted by Crippen LogP contribution is -2.40. The summed E-state index contributed by atoms with van der Waals surface area (Å²) in [5, 5.41) is 13.4. The van der Waals surface area contributed by atoms with Crippen molar-refractivity contribution >= 4 is 5.91 Å². The molecule has 2 aliphatic heterocycles. The summed E-state index contributed by atoms with van der Waals surface area (Å²) in [5.41, 5.74) is 3.25. The number of nitrogens with one attached hydrogen (secondary N) is 1. The minimum Gasteiger partial charge on any atom is -0.486 e. The Kier molecular flexibility index (Phi) is 7.07. The molecular weight excluding hydrogens is 428 g/mol. The molecule has 3 aliphatic rings. The van der Waals surface area contributed by atoms with Crippen molar-refractivity contribution in [3.8, 4) is 11.5 Å². The van der Waals surface area contributed by atoms with Crippen LogP contribution in [0.4, 0.5) is 0 Å². The number of carbonyl (C=O) groups excluding carboxylic acids is 1. The summed E-state index contributed by atoms with van der Waals surface area (Å²) < 4.78 is 11.6. The second-order valence-electron chi connectivity index (χ2n) is 10.0. The van der Waals surface area contributed by atoms with Gasteiger partial charge in [-0.3, -0.25) is 4.79 Å². The van der Waals surface area contributed by atoms with Crippen LogP contribution in [0.15, 0.2) is 42.5 Å². The number of hydrogen-bond acceptors (Lipinski definition) is 5. The van der Waals surface area contributed by atoms with Gasteiger partial charge in [-0.05, 0) is 81.2 Å². The zero-order chi connectivity index (χ0) is 23.5. The average molecular weight is 465 g/mol. The normalized spacial score (nSPS) is 23.6. The number of nitrogens with zero attached hydrogens (tertiary/aromatic N) is 1. The summed E-state index contributed by atoms with van der Waals surface area (Å²) in [6.07, 6.45) is 4.66. The van der Waals surface area contributed by atoms with Gasteiger partial charge in [-0.25, -0.2) is 0 Å². The first-order valence-corrected chi connectivity index (χ1v) is 12.8. The number of aliphatic hydroxyl groups excluding tert-OH is 1. The van der Waals surface area contributed by atoms with E-state index in [1.165, 1.54) is 24.8 Å². The number of benzene rings is 2. The van der Waals surface area contributed by atoms with Crippen LogP contribution < -0.4 is 14.8 Å². The van der Waals surface area contributed by atoms with Crippen molar-refractivity contribution in [2.75, 3.05) is 32.8 Å². The lowest BCUT2D eigenvalue weighted by molar-refractivity contribution is 0.0546. The second-order valence-corrected chi connectivity index (χ2v) is 10.0. The van der Waals surface area contributed by atoms with E-state index in [4.69, 9.17) is 9.47 Å². The highest BCUT2D eigenvalue weighted by Gasteiger charge is 2.28. The third-order valence-electron chi connectivity index (χ3n) is 7.70. The molecule has 1 amide bonds. The SMILES string of the molecule is C[C@@H](NCC1CC[C@@H](c2ccc(C(=O)N3CCC(O)CC3)cc2)C1)c1cccc2c1OCCO2. The zero-order valence-corrected chi connectivity index (χ0v) is 20.0. The minimum absolute atomic E-state index is 0.0819. The number of carbonyl (C=O) groups is 1. The van der Waals surface area contributed by atoms with Gasteiger partial charge in [-0.2, -0.15) is 0 Å². The topological polar surface area (TPSA) is 71.0 Å². The van der Waals surface area contributed by atoms with E-state index in [-0.39, 0.29) is 18.1 Å². The number of piperidine rings is 1. The van der Waals surface area contributed by atoms with E-state index in [1.807, 2.05) is 29.2 Å². The highest BCUT2D eigenvalue weighted by atomic mass is 16.6. The monoisotopic (exact) mass is 464 g/mol. The Balaban J connectivity index is 1.13. The van der Waals surface area contributed by atoms with Crippen LogP contribution in [0.2, 0.25) is 0 Å². The molecule has 5 rings (SSSR count). The third-order valence-corrected chi connectivity index (χ3v) is 7.70. The van der Waals surface area contributed by atoms with E-state index >= 15 is 0 Å². The fourth-order valence-corrected chi connectivity index (χ4v) is 5.60. The standard InChI is InChI=1S/C28H36N2O4/c1-19(25-3-2-4-26-27(25)34-16-15-33-26)29-18-20-5-6-23(17-20)21-7-9-22(10-8-21)28(32)30-13-11-24(31)12-14-30/h2-4,7-10,19-20,23-24,29,31H,5-6,11-18H2,1H3/t19-,20?,23-/m1/s1. The zero-order valence-electron chi connectivity index (χ0n) is 20.0. The lowest BCUT2D eigenvalue weighted by Gasteiger charge is -2.29. The van der Waals surface area contributed by atoms with Crippen molar-refractivity contribution in [3.05, 3.63) is 59.2 Å². The van der Waals surface area contributed by atoms with Crippen LogP contribution in [-0.2, 0) is 0 Å². The molecule has 6 heteroatoms. The fourth-order valence-electron chi connectivity index (χ4n) is 5.60. The van der Waals surface area contributed by atoms with Crippen molar-refractivity contribution in [2.45, 2.75) is 57.1 Å². The second kappa shape index (κ2) is 10.4. The molecule has 2 N–H and O–H groups in total. The maximum absolute atomic E-state index is 12.8. The van der Waals surface area contributed by atoms with Gasteiger partial charge in [0.15, 0.2) is 11.5 Å². The van der Waals surface area contributed by atoms with E-state index in [9.17, 15) is 9.90 Å². The molecule has 1 aliphatic carbocycles. The molecule has 0 spiro atoms. The molecule has 0 aromatic heterocycles. The average Bonchev–Trinajstić information content (AvgIpc) is 3.36.